The molecule has 0 bridgehead atoms. The Morgan fingerprint density at radius 3 is 2.32 bits per heavy atom. The van der Waals surface area contributed by atoms with Crippen molar-refractivity contribution in [2.24, 2.45) is 0 Å². The number of hydrogen-bond donors (Lipinski definition) is 1. The Kier molecular flexibility index (Phi) is 3.57. The van der Waals surface area contributed by atoms with Gasteiger partial charge in [-0.3, -0.25) is 0 Å². The fourth-order valence-electron chi connectivity index (χ4n) is 3.07. The normalized spacial score (nSPS) is 18.3. The van der Waals surface area contributed by atoms with Gasteiger partial charge >= 0.3 is 6.16 Å². The Morgan fingerprint density at radius 2 is 1.79 bits per heavy atom. The first-order chi connectivity index (χ1) is 8.85. The highest BCUT2D eigenvalue weighted by atomic mass is 16.7. The van der Waals surface area contributed by atoms with Crippen molar-refractivity contribution >= 4 is 6.16 Å². The molecule has 1 aromatic rings. The molecule has 0 aromatic heterocycles. The van der Waals surface area contributed by atoms with Crippen molar-refractivity contribution in [1.82, 2.24) is 0 Å². The molecule has 0 amide bonds. The monoisotopic (exact) mass is 262 g/mol. The van der Waals surface area contributed by atoms with Gasteiger partial charge in [0.05, 0.1) is 0 Å². The molecule has 1 aliphatic carbocycles. The van der Waals surface area contributed by atoms with Gasteiger partial charge in [-0.15, -0.1) is 0 Å². The lowest BCUT2D eigenvalue weighted by molar-refractivity contribution is -0.0196. The summed E-state index contributed by atoms with van der Waals surface area (Å²) in [7, 11) is 0. The molecule has 0 atom stereocenters. The lowest BCUT2D eigenvalue weighted by Crippen LogP contribution is -2.32. The zero-order chi connectivity index (χ0) is 14.1. The average Bonchev–Trinajstić information content (AvgIpc) is 2.77. The third kappa shape index (κ3) is 2.75. The van der Waals surface area contributed by atoms with E-state index in [0.717, 1.165) is 31.2 Å². The molecular formula is C16H22O3. The summed E-state index contributed by atoms with van der Waals surface area (Å²) in [5.74, 6) is 0. The van der Waals surface area contributed by atoms with Crippen molar-refractivity contribution in [2.75, 3.05) is 0 Å². The van der Waals surface area contributed by atoms with Crippen molar-refractivity contribution in [3.05, 3.63) is 35.4 Å². The molecule has 0 aliphatic heterocycles. The van der Waals surface area contributed by atoms with Crippen LogP contribution >= 0.6 is 0 Å². The van der Waals surface area contributed by atoms with E-state index >= 15 is 0 Å². The molecule has 0 radical (unpaired) electrons. The molecule has 0 saturated heterocycles. The van der Waals surface area contributed by atoms with Gasteiger partial charge in [-0.25, -0.2) is 4.79 Å². The van der Waals surface area contributed by atoms with Crippen molar-refractivity contribution in [3.63, 3.8) is 0 Å². The molecule has 1 fully saturated rings. The first-order valence-electron chi connectivity index (χ1n) is 6.87. The van der Waals surface area contributed by atoms with Gasteiger partial charge in [-0.2, -0.15) is 0 Å². The molecule has 1 aliphatic rings. The molecule has 0 unspecified atom stereocenters. The smallest absolute Gasteiger partial charge is 0.450 e. The second-order valence-electron chi connectivity index (χ2n) is 6.36. The highest BCUT2D eigenvalue weighted by Gasteiger charge is 2.42. The summed E-state index contributed by atoms with van der Waals surface area (Å²) in [6.07, 6.45) is 2.43. The summed E-state index contributed by atoms with van der Waals surface area (Å²) in [6.45, 7) is 6.44. The molecule has 0 spiro atoms. The van der Waals surface area contributed by atoms with Crippen molar-refractivity contribution in [3.8, 4) is 0 Å². The van der Waals surface area contributed by atoms with Crippen LogP contribution in [0.3, 0.4) is 0 Å². The van der Waals surface area contributed by atoms with E-state index in [0.29, 0.717) is 0 Å². The van der Waals surface area contributed by atoms with Gasteiger partial charge in [0, 0.05) is 0 Å². The van der Waals surface area contributed by atoms with E-state index in [1.54, 1.807) is 0 Å². The highest BCUT2D eigenvalue weighted by Crippen LogP contribution is 2.45. The van der Waals surface area contributed by atoms with Crippen LogP contribution in [0.1, 0.15) is 57.6 Å². The second-order valence-corrected chi connectivity index (χ2v) is 6.36. The topological polar surface area (TPSA) is 46.5 Å². The first-order valence-corrected chi connectivity index (χ1v) is 6.87. The predicted octanol–water partition coefficient (Wildman–Crippen LogP) is 4.45. The van der Waals surface area contributed by atoms with Gasteiger partial charge in [0.2, 0.25) is 0 Å². The lowest BCUT2D eigenvalue weighted by atomic mass is 9.77. The fraction of sp³-hybridized carbons (Fsp3) is 0.562. The standard InChI is InChI=1S/C16H22O3/c1-15(2,3)12-8-4-5-9-13(12)16(19-14(17)18)10-6-7-11-16/h4-5,8-9H,6-7,10-11H2,1-3H3,(H,17,18). The molecule has 104 valence electrons. The van der Waals surface area contributed by atoms with E-state index in [1.165, 1.54) is 5.56 Å². The number of ether oxygens (including phenoxy) is 1. The van der Waals surface area contributed by atoms with Gasteiger partial charge < -0.3 is 9.84 Å². The van der Waals surface area contributed by atoms with Crippen LogP contribution in [0.25, 0.3) is 0 Å². The number of benzene rings is 1. The molecule has 1 N–H and O–H groups in total. The van der Waals surface area contributed by atoms with Crippen LogP contribution < -0.4 is 0 Å². The Bertz CT molecular complexity index is 465. The second kappa shape index (κ2) is 4.87. The molecule has 3 heteroatoms. The largest absolute Gasteiger partial charge is 0.506 e. The molecular weight excluding hydrogens is 240 g/mol. The zero-order valence-corrected chi connectivity index (χ0v) is 11.9. The maximum absolute atomic E-state index is 11.1. The third-order valence-electron chi connectivity index (χ3n) is 3.92. The van der Waals surface area contributed by atoms with E-state index in [9.17, 15) is 4.79 Å². The van der Waals surface area contributed by atoms with E-state index in [-0.39, 0.29) is 5.41 Å². The highest BCUT2D eigenvalue weighted by molar-refractivity contribution is 5.58. The Hall–Kier alpha value is -1.51. The van der Waals surface area contributed by atoms with Crippen molar-refractivity contribution in [2.45, 2.75) is 57.5 Å². The Morgan fingerprint density at radius 1 is 1.21 bits per heavy atom. The summed E-state index contributed by atoms with van der Waals surface area (Å²) in [6, 6.07) is 8.08. The van der Waals surface area contributed by atoms with Gasteiger partial charge in [0.15, 0.2) is 0 Å². The Labute approximate surface area is 114 Å². The third-order valence-corrected chi connectivity index (χ3v) is 3.92. The SMILES string of the molecule is CC(C)(C)c1ccccc1C1(OC(=O)O)CCCC1. The average molecular weight is 262 g/mol. The van der Waals surface area contributed by atoms with E-state index in [4.69, 9.17) is 9.84 Å². The minimum Gasteiger partial charge on any atom is -0.450 e. The minimum absolute atomic E-state index is 0.0198. The van der Waals surface area contributed by atoms with Crippen LogP contribution in [0, 0.1) is 0 Å². The number of rotatable bonds is 2. The molecule has 1 aromatic carbocycles. The number of hydrogen-bond acceptors (Lipinski definition) is 2. The van der Waals surface area contributed by atoms with Gasteiger partial charge in [0.25, 0.3) is 0 Å². The van der Waals surface area contributed by atoms with Gasteiger partial charge in [0.1, 0.15) is 5.60 Å². The van der Waals surface area contributed by atoms with E-state index in [1.807, 2.05) is 18.2 Å². The van der Waals surface area contributed by atoms with Crippen LogP contribution in [0.4, 0.5) is 4.79 Å². The maximum Gasteiger partial charge on any atom is 0.506 e. The fourth-order valence-corrected chi connectivity index (χ4v) is 3.07. The summed E-state index contributed by atoms with van der Waals surface area (Å²) in [5.41, 5.74) is 1.56. The van der Waals surface area contributed by atoms with E-state index in [2.05, 4.69) is 26.8 Å². The summed E-state index contributed by atoms with van der Waals surface area (Å²) < 4.78 is 5.34. The van der Waals surface area contributed by atoms with Crippen LogP contribution in [0.2, 0.25) is 0 Å². The first kappa shape index (κ1) is 13.9. The molecule has 0 heterocycles. The van der Waals surface area contributed by atoms with Crippen molar-refractivity contribution in [1.29, 1.82) is 0 Å². The maximum atomic E-state index is 11.1. The van der Waals surface area contributed by atoms with Gasteiger partial charge in [-0.05, 0) is 42.2 Å². The van der Waals surface area contributed by atoms with Crippen molar-refractivity contribution < 1.29 is 14.6 Å². The molecule has 1 saturated carbocycles. The number of carboxylic acid groups (broad SMARTS) is 1. The zero-order valence-electron chi connectivity index (χ0n) is 11.9. The number of carbonyl (C=O) groups is 1. The van der Waals surface area contributed by atoms with Gasteiger partial charge in [-0.1, -0.05) is 45.0 Å². The minimum atomic E-state index is -1.18. The van der Waals surface area contributed by atoms with Crippen LogP contribution in [0.5, 0.6) is 0 Å². The summed E-state index contributed by atoms with van der Waals surface area (Å²) in [4.78, 5) is 11.1. The summed E-state index contributed by atoms with van der Waals surface area (Å²) >= 11 is 0. The Balaban J connectivity index is 2.51. The molecule has 2 rings (SSSR count). The van der Waals surface area contributed by atoms with Crippen LogP contribution in [-0.4, -0.2) is 11.3 Å². The lowest BCUT2D eigenvalue weighted by Gasteiger charge is -2.34. The van der Waals surface area contributed by atoms with Crippen LogP contribution in [0.15, 0.2) is 24.3 Å². The quantitative estimate of drug-likeness (QED) is 0.801. The van der Waals surface area contributed by atoms with E-state index < -0.39 is 11.8 Å². The predicted molar refractivity (Wildman–Crippen MR) is 74.4 cm³/mol. The summed E-state index contributed by atoms with van der Waals surface area (Å²) in [5, 5.41) is 9.07. The van der Waals surface area contributed by atoms with Crippen LogP contribution in [-0.2, 0) is 15.8 Å². The molecule has 19 heavy (non-hydrogen) atoms. The molecule has 3 nitrogen and oxygen atoms in total.